The Morgan fingerprint density at radius 2 is 1.88 bits per heavy atom. The van der Waals surface area contributed by atoms with Gasteiger partial charge in [0.15, 0.2) is 0 Å². The Hall–Kier alpha value is -2.15. The molecule has 0 fully saturated rings. The van der Waals surface area contributed by atoms with Gasteiger partial charge in [-0.05, 0) is 12.1 Å². The maximum Gasteiger partial charge on any atom is 0.339 e. The average molecular weight is 229 g/mol. The van der Waals surface area contributed by atoms with Gasteiger partial charge in [0.05, 0.1) is 0 Å². The number of aromatic hydroxyl groups is 1. The van der Waals surface area contributed by atoms with Crippen molar-refractivity contribution in [1.82, 2.24) is 0 Å². The highest BCUT2D eigenvalue weighted by molar-refractivity contribution is 5.92. The number of aliphatic carboxylic acids is 1. The van der Waals surface area contributed by atoms with Crippen molar-refractivity contribution < 1.29 is 29.3 Å². The van der Waals surface area contributed by atoms with E-state index in [0.717, 1.165) is 0 Å². The smallest absolute Gasteiger partial charge is 0.339 e. The second-order valence-corrected chi connectivity index (χ2v) is 3.01. The summed E-state index contributed by atoms with van der Waals surface area (Å²) in [5, 5.41) is 26.6. The molecule has 0 aromatic heterocycles. The van der Waals surface area contributed by atoms with Crippen molar-refractivity contribution in [2.45, 2.75) is 6.04 Å². The molecule has 1 aromatic rings. The fourth-order valence-corrected chi connectivity index (χ4v) is 1.15. The van der Waals surface area contributed by atoms with Crippen molar-refractivity contribution in [2.24, 2.45) is 5.73 Å². The molecule has 1 atom stereocenters. The van der Waals surface area contributed by atoms with Crippen LogP contribution in [-0.2, 0) is 4.79 Å². The Labute approximate surface area is 88.7 Å². The Kier molecular flexibility index (Phi) is 3.09. The Morgan fingerprint density at radius 3 is 2.31 bits per heavy atom. The van der Waals surface area contributed by atoms with Crippen molar-refractivity contribution in [3.8, 4) is 5.75 Å². The largest absolute Gasteiger partial charge is 0.507 e. The molecule has 0 saturated heterocycles. The molecule has 1 rings (SSSR count). The number of nitrogens with two attached hydrogens (primary N) is 1. The molecule has 16 heavy (non-hydrogen) atoms. The van der Waals surface area contributed by atoms with E-state index in [1.54, 1.807) is 0 Å². The van der Waals surface area contributed by atoms with Crippen LogP contribution in [0.15, 0.2) is 12.1 Å². The zero-order chi connectivity index (χ0) is 12.5. The predicted molar refractivity (Wildman–Crippen MR) is 49.6 cm³/mol. The highest BCUT2D eigenvalue weighted by Crippen LogP contribution is 2.28. The van der Waals surface area contributed by atoms with E-state index in [1.165, 1.54) is 0 Å². The van der Waals surface area contributed by atoms with Gasteiger partial charge in [0.25, 0.3) is 0 Å². The van der Waals surface area contributed by atoms with E-state index in [-0.39, 0.29) is 0 Å². The number of rotatable bonds is 3. The number of halogens is 1. The third-order valence-electron chi connectivity index (χ3n) is 1.94. The topological polar surface area (TPSA) is 121 Å². The summed E-state index contributed by atoms with van der Waals surface area (Å²) in [6.45, 7) is 0. The van der Waals surface area contributed by atoms with Crippen LogP contribution in [0.3, 0.4) is 0 Å². The Morgan fingerprint density at radius 1 is 1.31 bits per heavy atom. The number of hydrogen-bond donors (Lipinski definition) is 4. The molecule has 0 heterocycles. The minimum Gasteiger partial charge on any atom is -0.507 e. The average Bonchev–Trinajstić information content (AvgIpc) is 2.19. The van der Waals surface area contributed by atoms with E-state index in [0.29, 0.717) is 12.1 Å². The van der Waals surface area contributed by atoms with Crippen LogP contribution in [0, 0.1) is 5.82 Å². The first-order valence-corrected chi connectivity index (χ1v) is 4.08. The van der Waals surface area contributed by atoms with E-state index < -0.39 is 40.7 Å². The second-order valence-electron chi connectivity index (χ2n) is 3.01. The molecule has 5 N–H and O–H groups in total. The van der Waals surface area contributed by atoms with Gasteiger partial charge in [-0.1, -0.05) is 0 Å². The molecule has 7 heteroatoms. The van der Waals surface area contributed by atoms with Gasteiger partial charge < -0.3 is 21.1 Å². The lowest BCUT2D eigenvalue weighted by Gasteiger charge is -2.11. The fourth-order valence-electron chi connectivity index (χ4n) is 1.15. The Bertz CT molecular complexity index is 459. The number of aromatic carboxylic acids is 1. The first-order chi connectivity index (χ1) is 7.34. The third kappa shape index (κ3) is 2.09. The lowest BCUT2D eigenvalue weighted by molar-refractivity contribution is -0.138. The van der Waals surface area contributed by atoms with E-state index in [9.17, 15) is 19.1 Å². The maximum atomic E-state index is 13.0. The molecule has 0 aliphatic carbocycles. The zero-order valence-corrected chi connectivity index (χ0v) is 7.85. The van der Waals surface area contributed by atoms with Gasteiger partial charge in [0.1, 0.15) is 23.2 Å². The number of hydrogen-bond acceptors (Lipinski definition) is 4. The molecule has 86 valence electrons. The van der Waals surface area contributed by atoms with Crippen molar-refractivity contribution >= 4 is 11.9 Å². The summed E-state index contributed by atoms with van der Waals surface area (Å²) in [5.74, 6) is -4.90. The molecule has 0 unspecified atom stereocenters. The van der Waals surface area contributed by atoms with Gasteiger partial charge in [-0.2, -0.15) is 0 Å². The third-order valence-corrected chi connectivity index (χ3v) is 1.94. The quantitative estimate of drug-likeness (QED) is 0.592. The van der Waals surface area contributed by atoms with Crippen LogP contribution in [0.5, 0.6) is 5.75 Å². The van der Waals surface area contributed by atoms with E-state index in [4.69, 9.17) is 15.9 Å². The molecular weight excluding hydrogens is 221 g/mol. The minimum absolute atomic E-state index is 0.482. The number of carboxylic acid groups (broad SMARTS) is 2. The van der Waals surface area contributed by atoms with Gasteiger partial charge in [0, 0.05) is 5.56 Å². The van der Waals surface area contributed by atoms with E-state index in [1.807, 2.05) is 0 Å². The minimum atomic E-state index is -1.69. The van der Waals surface area contributed by atoms with Gasteiger partial charge in [0.2, 0.25) is 0 Å². The molecule has 0 spiro atoms. The van der Waals surface area contributed by atoms with Crippen molar-refractivity contribution in [3.63, 3.8) is 0 Å². The van der Waals surface area contributed by atoms with Gasteiger partial charge in [-0.25, -0.2) is 9.18 Å². The summed E-state index contributed by atoms with van der Waals surface area (Å²) in [6, 6.07) is -0.426. The van der Waals surface area contributed by atoms with E-state index >= 15 is 0 Å². The van der Waals surface area contributed by atoms with Crippen molar-refractivity contribution in [3.05, 3.63) is 29.1 Å². The van der Waals surface area contributed by atoms with Gasteiger partial charge in [-0.3, -0.25) is 4.79 Å². The fraction of sp³-hybridized carbons (Fsp3) is 0.111. The molecule has 0 radical (unpaired) electrons. The van der Waals surface area contributed by atoms with Crippen LogP contribution >= 0.6 is 0 Å². The van der Waals surface area contributed by atoms with Crippen LogP contribution < -0.4 is 5.73 Å². The summed E-state index contributed by atoms with van der Waals surface area (Å²) < 4.78 is 13.0. The number of benzene rings is 1. The number of carbonyl (C=O) groups is 2. The summed E-state index contributed by atoms with van der Waals surface area (Å²) in [7, 11) is 0. The zero-order valence-electron chi connectivity index (χ0n) is 7.85. The van der Waals surface area contributed by atoms with Crippen molar-refractivity contribution in [1.29, 1.82) is 0 Å². The summed E-state index contributed by atoms with van der Waals surface area (Å²) in [5.41, 5.74) is 3.95. The van der Waals surface area contributed by atoms with Crippen LogP contribution in [0.2, 0.25) is 0 Å². The van der Waals surface area contributed by atoms with Crippen LogP contribution in [0.4, 0.5) is 4.39 Å². The first-order valence-electron chi connectivity index (χ1n) is 4.08. The highest BCUT2D eigenvalue weighted by atomic mass is 19.1. The molecule has 0 aliphatic rings. The monoisotopic (exact) mass is 229 g/mol. The normalized spacial score (nSPS) is 12.1. The molecule has 0 bridgehead atoms. The molecule has 6 nitrogen and oxygen atoms in total. The molecular formula is C9H8FNO5. The van der Waals surface area contributed by atoms with Crippen LogP contribution in [0.1, 0.15) is 22.0 Å². The SMILES string of the molecule is N[C@H](C(=O)O)c1cc(F)cc(C(=O)O)c1O. The van der Waals surface area contributed by atoms with Crippen LogP contribution in [0.25, 0.3) is 0 Å². The number of carboxylic acids is 2. The molecule has 1 aromatic carbocycles. The first kappa shape index (κ1) is 11.9. The number of phenols is 1. The standard InChI is InChI=1S/C9H8FNO5/c10-3-1-4(6(11)9(15)16)7(12)5(2-3)8(13)14/h1-2,6,12H,11H2,(H,13,14)(H,15,16)/t6-/m0/s1. The molecule has 0 saturated carbocycles. The van der Waals surface area contributed by atoms with Crippen molar-refractivity contribution in [2.75, 3.05) is 0 Å². The van der Waals surface area contributed by atoms with E-state index in [2.05, 4.69) is 0 Å². The maximum absolute atomic E-state index is 13.0. The highest BCUT2D eigenvalue weighted by Gasteiger charge is 2.23. The van der Waals surface area contributed by atoms with Crippen LogP contribution in [-0.4, -0.2) is 27.3 Å². The lowest BCUT2D eigenvalue weighted by atomic mass is 10.0. The van der Waals surface area contributed by atoms with Gasteiger partial charge >= 0.3 is 11.9 Å². The summed E-state index contributed by atoms with van der Waals surface area (Å²) >= 11 is 0. The summed E-state index contributed by atoms with van der Waals surface area (Å²) in [6.07, 6.45) is 0. The predicted octanol–water partition coefficient (Wildman–Crippen LogP) is 0.314. The molecule has 0 amide bonds. The lowest BCUT2D eigenvalue weighted by Crippen LogP contribution is -2.21. The Balaban J connectivity index is 3.40. The second kappa shape index (κ2) is 4.15. The molecule has 0 aliphatic heterocycles. The van der Waals surface area contributed by atoms with Gasteiger partial charge in [-0.15, -0.1) is 0 Å². The summed E-state index contributed by atoms with van der Waals surface area (Å²) in [4.78, 5) is 21.1.